The lowest BCUT2D eigenvalue weighted by Gasteiger charge is -2.40. The first-order valence-corrected chi connectivity index (χ1v) is 10.0. The third kappa shape index (κ3) is 3.38. The normalized spacial score (nSPS) is 21.3. The first-order valence-electron chi connectivity index (χ1n) is 10.0. The van der Waals surface area contributed by atoms with Crippen LogP contribution in [-0.4, -0.2) is 68.3 Å². The molecule has 0 saturated carbocycles. The number of aromatic nitrogens is 5. The molecule has 2 atom stereocenters. The molecule has 9 nitrogen and oxygen atoms in total. The predicted octanol–water partition coefficient (Wildman–Crippen LogP) is 2.03. The van der Waals surface area contributed by atoms with Crippen LogP contribution in [0.15, 0.2) is 24.5 Å². The van der Waals surface area contributed by atoms with E-state index in [1.165, 1.54) is 23.9 Å². The minimum atomic E-state index is -3.18. The number of nitrogens with one attached hydrogen (secondary N) is 1. The number of likely N-dealkylation sites (tertiary alicyclic amines) is 1. The molecular weight excluding hydrogens is 406 g/mol. The van der Waals surface area contributed by atoms with Gasteiger partial charge in [-0.15, -0.1) is 5.10 Å². The summed E-state index contributed by atoms with van der Waals surface area (Å²) in [6.07, 6.45) is 2.95. The Morgan fingerprint density at radius 1 is 1.26 bits per heavy atom. The van der Waals surface area contributed by atoms with Crippen LogP contribution in [0.2, 0.25) is 0 Å². The van der Waals surface area contributed by atoms with Gasteiger partial charge < -0.3 is 15.1 Å². The highest BCUT2D eigenvalue weighted by Crippen LogP contribution is 2.37. The van der Waals surface area contributed by atoms with Crippen LogP contribution in [0.5, 0.6) is 0 Å². The Morgan fingerprint density at radius 3 is 2.74 bits per heavy atom. The molecule has 2 saturated heterocycles. The van der Waals surface area contributed by atoms with Crippen LogP contribution in [0.25, 0.3) is 16.7 Å². The summed E-state index contributed by atoms with van der Waals surface area (Å²) >= 11 is 0. The quantitative estimate of drug-likeness (QED) is 0.680. The first kappa shape index (κ1) is 19.7. The van der Waals surface area contributed by atoms with Crippen molar-refractivity contribution < 1.29 is 13.6 Å². The Kier molecular flexibility index (Phi) is 4.40. The summed E-state index contributed by atoms with van der Waals surface area (Å²) < 4.78 is 29.2. The largest absolute Gasteiger partial charge is 0.353 e. The van der Waals surface area contributed by atoms with Gasteiger partial charge in [-0.3, -0.25) is 4.79 Å². The third-order valence-electron chi connectivity index (χ3n) is 5.90. The molecule has 2 aliphatic heterocycles. The van der Waals surface area contributed by atoms with Crippen LogP contribution in [0, 0.1) is 5.92 Å². The molecule has 1 N–H and O–H groups in total. The zero-order valence-corrected chi connectivity index (χ0v) is 17.4. The lowest BCUT2D eigenvalue weighted by Crippen LogP contribution is -2.52. The second kappa shape index (κ2) is 6.91. The van der Waals surface area contributed by atoms with E-state index in [2.05, 4.69) is 37.1 Å². The van der Waals surface area contributed by atoms with Gasteiger partial charge in [-0.05, 0) is 7.05 Å². The van der Waals surface area contributed by atoms with Crippen molar-refractivity contribution in [3.05, 3.63) is 30.4 Å². The topological polar surface area (TPSA) is 92.1 Å². The van der Waals surface area contributed by atoms with Crippen LogP contribution >= 0.6 is 0 Å². The summed E-state index contributed by atoms with van der Waals surface area (Å²) in [5, 5.41) is 8.16. The number of alkyl halides is 2. The molecule has 5 rings (SSSR count). The van der Waals surface area contributed by atoms with Crippen LogP contribution in [0.4, 0.5) is 20.4 Å². The van der Waals surface area contributed by atoms with Gasteiger partial charge in [-0.1, -0.05) is 0 Å². The van der Waals surface area contributed by atoms with Gasteiger partial charge in [0.2, 0.25) is 11.7 Å². The molecule has 162 valence electrons. The highest BCUT2D eigenvalue weighted by atomic mass is 19.3. The van der Waals surface area contributed by atoms with Crippen molar-refractivity contribution in [3.63, 3.8) is 0 Å². The molecule has 1 unspecified atom stereocenters. The second-order valence-electron chi connectivity index (χ2n) is 8.30. The molecule has 2 aliphatic rings. The maximum Gasteiger partial charge on any atom is 0.303 e. The minimum Gasteiger partial charge on any atom is -0.353 e. The zero-order valence-electron chi connectivity index (χ0n) is 17.4. The van der Waals surface area contributed by atoms with Gasteiger partial charge in [0.15, 0.2) is 11.6 Å². The fraction of sp³-hybridized carbons (Fsp3) is 0.450. The van der Waals surface area contributed by atoms with Crippen molar-refractivity contribution in [3.8, 4) is 5.82 Å². The van der Waals surface area contributed by atoms with Crippen molar-refractivity contribution in [1.29, 1.82) is 0 Å². The Bertz CT molecular complexity index is 1170. The molecule has 0 aliphatic carbocycles. The number of halogens is 2. The van der Waals surface area contributed by atoms with E-state index in [1.54, 1.807) is 12.3 Å². The van der Waals surface area contributed by atoms with Crippen molar-refractivity contribution in [2.45, 2.75) is 25.8 Å². The van der Waals surface area contributed by atoms with E-state index in [0.717, 1.165) is 37.8 Å². The van der Waals surface area contributed by atoms with Gasteiger partial charge in [0, 0.05) is 70.0 Å². The van der Waals surface area contributed by atoms with E-state index in [1.807, 2.05) is 0 Å². The Morgan fingerprint density at radius 2 is 2.06 bits per heavy atom. The van der Waals surface area contributed by atoms with Gasteiger partial charge in [-0.2, -0.15) is 8.78 Å². The standard InChI is InChI=1S/C20H22F2N8O/c1-11(31)25-16-6-14-13(7-24-16)18(29-9-12-8-28(3)15(12)10-29)27-30(14)17-4-5-23-19(26-17)20(2,21)22/h4-7,12,15H,8-10H2,1-3H3,(H,24,25,31)/t12-,15?/m0/s1. The van der Waals surface area contributed by atoms with E-state index in [4.69, 9.17) is 5.10 Å². The molecule has 0 radical (unpaired) electrons. The fourth-order valence-electron chi connectivity index (χ4n) is 4.40. The van der Waals surface area contributed by atoms with E-state index >= 15 is 0 Å². The lowest BCUT2D eigenvalue weighted by molar-refractivity contribution is -0.114. The van der Waals surface area contributed by atoms with Crippen LogP contribution < -0.4 is 10.2 Å². The number of fused-ring (bicyclic) bond motifs is 2. The first-order chi connectivity index (χ1) is 14.7. The summed E-state index contributed by atoms with van der Waals surface area (Å²) in [5.74, 6) is -2.13. The van der Waals surface area contributed by atoms with Crippen LogP contribution in [0.1, 0.15) is 19.7 Å². The Balaban J connectivity index is 1.63. The molecule has 31 heavy (non-hydrogen) atoms. The summed E-state index contributed by atoms with van der Waals surface area (Å²) in [6, 6.07) is 3.69. The molecular formula is C20H22F2N8O. The Hall–Kier alpha value is -3.21. The van der Waals surface area contributed by atoms with Crippen LogP contribution in [-0.2, 0) is 10.7 Å². The number of carbonyl (C=O) groups excluding carboxylic acids is 1. The maximum atomic E-state index is 13.8. The average Bonchev–Trinajstić information content (AvgIpc) is 3.24. The third-order valence-corrected chi connectivity index (χ3v) is 5.90. The van der Waals surface area contributed by atoms with E-state index in [0.29, 0.717) is 23.3 Å². The SMILES string of the molecule is CC(=O)Nc1cc2c(cn1)c(N1CC3[C@H](C1)CN3C)nn2-c1ccnc(C(C)(F)F)n1. The number of likely N-dealkylation sites (N-methyl/N-ethyl adjacent to an activating group) is 1. The van der Waals surface area contributed by atoms with Gasteiger partial charge in [-0.25, -0.2) is 19.6 Å². The van der Waals surface area contributed by atoms with Gasteiger partial charge in [0.25, 0.3) is 0 Å². The van der Waals surface area contributed by atoms with Crippen molar-refractivity contribution in [2.24, 2.45) is 5.92 Å². The van der Waals surface area contributed by atoms with Crippen molar-refractivity contribution in [2.75, 3.05) is 36.9 Å². The molecule has 0 bridgehead atoms. The number of hydrogen-bond donors (Lipinski definition) is 1. The molecule has 1 amide bonds. The van der Waals surface area contributed by atoms with Gasteiger partial charge in [0.05, 0.1) is 10.9 Å². The second-order valence-corrected chi connectivity index (χ2v) is 8.30. The van der Waals surface area contributed by atoms with Crippen molar-refractivity contribution >= 4 is 28.4 Å². The maximum absolute atomic E-state index is 13.8. The summed E-state index contributed by atoms with van der Waals surface area (Å²) in [7, 11) is 2.11. The predicted molar refractivity (Wildman–Crippen MR) is 110 cm³/mol. The monoisotopic (exact) mass is 428 g/mol. The van der Waals surface area contributed by atoms with E-state index in [-0.39, 0.29) is 11.7 Å². The highest BCUT2D eigenvalue weighted by Gasteiger charge is 2.44. The number of pyridine rings is 1. The number of anilines is 2. The summed E-state index contributed by atoms with van der Waals surface area (Å²) in [5.41, 5.74) is 0.616. The average molecular weight is 428 g/mol. The Labute approximate surface area is 177 Å². The number of nitrogens with zero attached hydrogens (tertiary/aromatic N) is 7. The number of rotatable bonds is 4. The summed E-state index contributed by atoms with van der Waals surface area (Å²) in [6.45, 7) is 4.91. The molecule has 3 aromatic rings. The minimum absolute atomic E-state index is 0.224. The molecule has 0 aromatic carbocycles. The number of hydrogen-bond acceptors (Lipinski definition) is 7. The molecule has 2 fully saturated rings. The molecule has 3 aromatic heterocycles. The van der Waals surface area contributed by atoms with E-state index in [9.17, 15) is 13.6 Å². The number of carbonyl (C=O) groups is 1. The van der Waals surface area contributed by atoms with E-state index < -0.39 is 11.7 Å². The molecule has 5 heterocycles. The lowest BCUT2D eigenvalue weighted by atomic mass is 9.93. The van der Waals surface area contributed by atoms with Gasteiger partial charge in [0.1, 0.15) is 5.82 Å². The van der Waals surface area contributed by atoms with Gasteiger partial charge >= 0.3 is 5.92 Å². The molecule has 0 spiro atoms. The van der Waals surface area contributed by atoms with Crippen molar-refractivity contribution in [1.82, 2.24) is 29.6 Å². The fourth-order valence-corrected chi connectivity index (χ4v) is 4.40. The number of amides is 1. The highest BCUT2D eigenvalue weighted by molar-refractivity contribution is 5.95. The van der Waals surface area contributed by atoms with Crippen LogP contribution in [0.3, 0.4) is 0 Å². The smallest absolute Gasteiger partial charge is 0.303 e. The zero-order chi connectivity index (χ0) is 21.9. The summed E-state index contributed by atoms with van der Waals surface area (Å²) in [4.78, 5) is 28.1. The molecule has 11 heteroatoms.